The molecule has 3 heteroatoms. The molecule has 1 saturated carbocycles. The summed E-state index contributed by atoms with van der Waals surface area (Å²) in [5.74, 6) is 0.0181. The summed E-state index contributed by atoms with van der Waals surface area (Å²) in [6.45, 7) is 0. The van der Waals surface area contributed by atoms with Crippen LogP contribution in [0.3, 0.4) is 0 Å². The summed E-state index contributed by atoms with van der Waals surface area (Å²) in [7, 11) is 0. The third kappa shape index (κ3) is 3.22. The van der Waals surface area contributed by atoms with Crippen molar-refractivity contribution in [2.75, 3.05) is 0 Å². The van der Waals surface area contributed by atoms with Crippen molar-refractivity contribution in [1.29, 1.82) is 0 Å². The van der Waals surface area contributed by atoms with Crippen molar-refractivity contribution in [2.24, 2.45) is 0 Å². The van der Waals surface area contributed by atoms with Crippen LogP contribution in [-0.2, 0) is 0 Å². The van der Waals surface area contributed by atoms with Gasteiger partial charge in [0.15, 0.2) is 5.43 Å². The zero-order chi connectivity index (χ0) is 9.97. The van der Waals surface area contributed by atoms with E-state index in [4.69, 9.17) is 0 Å². The quantitative estimate of drug-likeness (QED) is 0.644. The van der Waals surface area contributed by atoms with Crippen LogP contribution >= 0.6 is 0 Å². The maximum Gasteiger partial charge on any atom is 1.00 e. The second-order valence-electron chi connectivity index (χ2n) is 3.85. The molecule has 0 atom stereocenters. The molecule has 0 aliphatic heterocycles. The normalized spacial score (nSPS) is 16.0. The summed E-state index contributed by atoms with van der Waals surface area (Å²) in [5.41, 5.74) is 0.342. The van der Waals surface area contributed by atoms with E-state index < -0.39 is 0 Å². The molecule has 2 rings (SSSR count). The van der Waals surface area contributed by atoms with Gasteiger partial charge in [-0.15, -0.1) is 0 Å². The van der Waals surface area contributed by atoms with Crippen LogP contribution in [0.25, 0.3) is 0 Å². The largest absolute Gasteiger partial charge is 1.00 e. The van der Waals surface area contributed by atoms with Crippen molar-refractivity contribution < 1.29 is 63.3 Å². The fourth-order valence-electron chi connectivity index (χ4n) is 2.15. The molecule has 0 amide bonds. The molecule has 0 spiro atoms. The Morgan fingerprint density at radius 1 is 1.13 bits per heavy atom. The standard InChI is InChI=1S/C12H14O2.Rb/c13-11-8-4-3-7-10(12(11)14)9-5-1-2-6-9;/h3-4,7-9H,1-2,5-6H2,(H,13,14);/q;+1/p-1. The van der Waals surface area contributed by atoms with E-state index in [0.717, 1.165) is 18.4 Å². The van der Waals surface area contributed by atoms with E-state index in [-0.39, 0.29) is 69.4 Å². The molecule has 1 aromatic carbocycles. The van der Waals surface area contributed by atoms with Gasteiger partial charge in [-0.1, -0.05) is 36.8 Å². The van der Waals surface area contributed by atoms with Crippen LogP contribution in [0.4, 0.5) is 0 Å². The SMILES string of the molecule is O=c1ccccc(C2CCCC2)c1[O-].[Rb+]. The van der Waals surface area contributed by atoms with Crippen LogP contribution in [0, 0.1) is 0 Å². The van der Waals surface area contributed by atoms with Crippen LogP contribution in [-0.4, -0.2) is 0 Å². The maximum atomic E-state index is 11.6. The molecule has 15 heavy (non-hydrogen) atoms. The van der Waals surface area contributed by atoms with Gasteiger partial charge in [0.25, 0.3) is 0 Å². The molecule has 0 unspecified atom stereocenters. The van der Waals surface area contributed by atoms with Crippen LogP contribution in [0.2, 0.25) is 0 Å². The van der Waals surface area contributed by atoms with E-state index in [2.05, 4.69) is 0 Å². The van der Waals surface area contributed by atoms with E-state index in [0.29, 0.717) is 5.92 Å². The summed E-state index contributed by atoms with van der Waals surface area (Å²) in [6, 6.07) is 6.58. The van der Waals surface area contributed by atoms with Gasteiger partial charge in [0, 0.05) is 0 Å². The first kappa shape index (κ1) is 13.6. The molecule has 1 aliphatic rings. The molecule has 1 aliphatic carbocycles. The fraction of sp³-hybridized carbons (Fsp3) is 0.417. The van der Waals surface area contributed by atoms with Crippen molar-refractivity contribution in [3.63, 3.8) is 0 Å². The topological polar surface area (TPSA) is 40.1 Å². The summed E-state index contributed by atoms with van der Waals surface area (Å²) >= 11 is 0. The van der Waals surface area contributed by atoms with E-state index in [1.54, 1.807) is 18.2 Å². The first-order valence-electron chi connectivity index (χ1n) is 5.09. The monoisotopic (exact) mass is 274 g/mol. The van der Waals surface area contributed by atoms with Crippen LogP contribution in [0.15, 0.2) is 29.1 Å². The summed E-state index contributed by atoms with van der Waals surface area (Å²) < 4.78 is 0. The third-order valence-electron chi connectivity index (χ3n) is 2.92. The molecule has 0 radical (unpaired) electrons. The molecule has 0 heterocycles. The predicted octanol–water partition coefficient (Wildman–Crippen LogP) is -1.22. The first-order chi connectivity index (χ1) is 6.79. The van der Waals surface area contributed by atoms with Crippen molar-refractivity contribution in [3.05, 3.63) is 40.1 Å². The van der Waals surface area contributed by atoms with E-state index in [1.165, 1.54) is 18.9 Å². The Morgan fingerprint density at radius 2 is 1.73 bits per heavy atom. The Morgan fingerprint density at radius 3 is 2.40 bits per heavy atom. The maximum absolute atomic E-state index is 11.6. The molecule has 0 bridgehead atoms. The van der Waals surface area contributed by atoms with Crippen molar-refractivity contribution in [2.45, 2.75) is 31.6 Å². The smallest absolute Gasteiger partial charge is 0.870 e. The van der Waals surface area contributed by atoms with Gasteiger partial charge in [-0.25, -0.2) is 0 Å². The minimum absolute atomic E-state index is 0. The fourth-order valence-corrected chi connectivity index (χ4v) is 2.15. The van der Waals surface area contributed by atoms with Gasteiger partial charge in [0.2, 0.25) is 0 Å². The Hall–Kier alpha value is 0.495. The van der Waals surface area contributed by atoms with Gasteiger partial charge in [-0.2, -0.15) is 0 Å². The van der Waals surface area contributed by atoms with Gasteiger partial charge >= 0.3 is 58.2 Å². The van der Waals surface area contributed by atoms with Gasteiger partial charge < -0.3 is 5.11 Å². The molecular formula is C12H13O2Rb. The van der Waals surface area contributed by atoms with Gasteiger partial charge in [0.05, 0.1) is 0 Å². The minimum Gasteiger partial charge on any atom is -0.870 e. The van der Waals surface area contributed by atoms with Crippen LogP contribution in [0.5, 0.6) is 5.75 Å². The molecule has 0 N–H and O–H groups in total. The number of hydrogen-bond donors (Lipinski definition) is 0. The average Bonchev–Trinajstić information content (AvgIpc) is 2.64. The third-order valence-corrected chi connectivity index (χ3v) is 2.92. The second-order valence-corrected chi connectivity index (χ2v) is 3.85. The molecule has 2 nitrogen and oxygen atoms in total. The average molecular weight is 275 g/mol. The molecule has 0 aromatic heterocycles. The van der Waals surface area contributed by atoms with Gasteiger partial charge in [0.1, 0.15) is 0 Å². The summed E-state index contributed by atoms with van der Waals surface area (Å²) in [4.78, 5) is 11.3. The van der Waals surface area contributed by atoms with Crippen molar-refractivity contribution in [3.8, 4) is 5.75 Å². The van der Waals surface area contributed by atoms with Gasteiger partial charge in [-0.05, 0) is 30.4 Å². The summed E-state index contributed by atoms with van der Waals surface area (Å²) in [6.07, 6.45) is 4.46. The predicted molar refractivity (Wildman–Crippen MR) is 53.4 cm³/mol. The molecule has 1 aromatic rings. The Labute approximate surface area is 139 Å². The Bertz CT molecular complexity index is 384. The zero-order valence-electron chi connectivity index (χ0n) is 9.03. The number of rotatable bonds is 1. The number of hydrogen-bond acceptors (Lipinski definition) is 2. The van der Waals surface area contributed by atoms with Crippen molar-refractivity contribution in [1.82, 2.24) is 0 Å². The van der Waals surface area contributed by atoms with Crippen LogP contribution < -0.4 is 68.7 Å². The van der Waals surface area contributed by atoms with Crippen molar-refractivity contribution >= 4 is 0 Å². The molecule has 1 fully saturated rings. The zero-order valence-corrected chi connectivity index (χ0v) is 13.9. The van der Waals surface area contributed by atoms with Gasteiger partial charge in [-0.3, -0.25) is 4.79 Å². The van der Waals surface area contributed by atoms with E-state index >= 15 is 0 Å². The first-order valence-corrected chi connectivity index (χ1v) is 5.09. The summed E-state index contributed by atoms with van der Waals surface area (Å²) in [5, 5.41) is 11.6. The Kier molecular flexibility index (Phi) is 5.68. The van der Waals surface area contributed by atoms with Crippen LogP contribution in [0.1, 0.15) is 37.2 Å². The molecular weight excluding hydrogens is 262 g/mol. The second kappa shape index (κ2) is 6.28. The Balaban J connectivity index is 0.00000112. The van der Waals surface area contributed by atoms with E-state index in [9.17, 15) is 9.90 Å². The molecule has 0 saturated heterocycles. The van der Waals surface area contributed by atoms with E-state index in [1.807, 2.05) is 0 Å². The minimum atomic E-state index is -0.378. The molecule has 74 valence electrons.